The monoisotopic (exact) mass is 261 g/mol. The van der Waals surface area contributed by atoms with Gasteiger partial charge in [-0.25, -0.2) is 17.2 Å². The van der Waals surface area contributed by atoms with Gasteiger partial charge < -0.3 is 5.32 Å². The summed E-state index contributed by atoms with van der Waals surface area (Å²) < 4.78 is 50.6. The van der Waals surface area contributed by atoms with Crippen LogP contribution < -0.4 is 5.32 Å². The van der Waals surface area contributed by atoms with Crippen molar-refractivity contribution in [2.75, 3.05) is 12.8 Å². The Kier molecular flexibility index (Phi) is 2.95. The summed E-state index contributed by atoms with van der Waals surface area (Å²) in [5, 5.41) is 2.90. The van der Waals surface area contributed by atoms with Crippen LogP contribution in [-0.2, 0) is 9.84 Å². The van der Waals surface area contributed by atoms with Crippen molar-refractivity contribution in [3.05, 3.63) is 29.3 Å². The fourth-order valence-corrected chi connectivity index (χ4v) is 4.36. The average Bonchev–Trinajstić information content (AvgIpc) is 2.14. The first-order valence-electron chi connectivity index (χ1n) is 5.26. The second kappa shape index (κ2) is 4.03. The smallest absolute Gasteiger partial charge is 0.181 e. The largest absolute Gasteiger partial charge is 0.313 e. The molecule has 1 heterocycles. The fraction of sp³-hybridized carbons (Fsp3) is 0.455. The molecule has 0 amide bonds. The summed E-state index contributed by atoms with van der Waals surface area (Å²) in [4.78, 5) is -0.364. The quantitative estimate of drug-likeness (QED) is 0.782. The molecular formula is C11H13F2NO2S. The Morgan fingerprint density at radius 3 is 2.59 bits per heavy atom. The molecule has 0 saturated heterocycles. The van der Waals surface area contributed by atoms with Gasteiger partial charge in [0.1, 0.15) is 16.5 Å². The van der Waals surface area contributed by atoms with Crippen molar-refractivity contribution in [3.63, 3.8) is 0 Å². The Hall–Kier alpha value is -1.01. The number of nitrogens with one attached hydrogen (secondary N) is 1. The first kappa shape index (κ1) is 12.4. The first-order chi connectivity index (χ1) is 7.86. The molecule has 17 heavy (non-hydrogen) atoms. The van der Waals surface area contributed by atoms with Crippen LogP contribution in [0.5, 0.6) is 0 Å². The molecule has 0 saturated carbocycles. The third kappa shape index (κ3) is 1.95. The lowest BCUT2D eigenvalue weighted by Crippen LogP contribution is -2.35. The average molecular weight is 261 g/mol. The molecule has 0 radical (unpaired) electrons. The maximum atomic E-state index is 13.6. The van der Waals surface area contributed by atoms with Gasteiger partial charge in [-0.2, -0.15) is 0 Å². The van der Waals surface area contributed by atoms with Gasteiger partial charge in [0, 0.05) is 12.1 Å². The molecule has 3 nitrogen and oxygen atoms in total. The van der Waals surface area contributed by atoms with Gasteiger partial charge in [-0.15, -0.1) is 0 Å². The number of hydrogen-bond donors (Lipinski definition) is 1. The van der Waals surface area contributed by atoms with Crippen molar-refractivity contribution in [3.8, 4) is 0 Å². The van der Waals surface area contributed by atoms with Crippen molar-refractivity contribution in [1.29, 1.82) is 0 Å². The van der Waals surface area contributed by atoms with E-state index in [1.165, 1.54) is 0 Å². The van der Waals surface area contributed by atoms with Crippen molar-refractivity contribution < 1.29 is 17.2 Å². The zero-order valence-corrected chi connectivity index (χ0v) is 10.3. The first-order valence-corrected chi connectivity index (χ1v) is 6.91. The molecule has 0 spiro atoms. The molecule has 6 heteroatoms. The van der Waals surface area contributed by atoms with Gasteiger partial charge in [0.25, 0.3) is 0 Å². The van der Waals surface area contributed by atoms with E-state index < -0.39 is 21.5 Å². The van der Waals surface area contributed by atoms with Crippen LogP contribution in [0.1, 0.15) is 18.5 Å². The molecule has 0 fully saturated rings. The van der Waals surface area contributed by atoms with Crippen LogP contribution in [0.2, 0.25) is 0 Å². The highest BCUT2D eigenvalue weighted by Crippen LogP contribution is 2.37. The molecular weight excluding hydrogens is 248 g/mol. The van der Waals surface area contributed by atoms with Crippen molar-refractivity contribution in [2.45, 2.75) is 17.9 Å². The van der Waals surface area contributed by atoms with Crippen LogP contribution in [0.25, 0.3) is 0 Å². The molecule has 2 atom stereocenters. The molecule has 2 rings (SSSR count). The van der Waals surface area contributed by atoms with Gasteiger partial charge in [0.15, 0.2) is 9.84 Å². The van der Waals surface area contributed by atoms with Gasteiger partial charge in [0.2, 0.25) is 0 Å². The van der Waals surface area contributed by atoms with Crippen LogP contribution >= 0.6 is 0 Å². The number of hydrogen-bond acceptors (Lipinski definition) is 3. The lowest BCUT2D eigenvalue weighted by molar-refractivity contribution is 0.409. The van der Waals surface area contributed by atoms with Crippen molar-refractivity contribution in [1.82, 2.24) is 5.32 Å². The summed E-state index contributed by atoms with van der Waals surface area (Å²) in [6.07, 6.45) is 0. The molecule has 1 aliphatic rings. The summed E-state index contributed by atoms with van der Waals surface area (Å²) in [5.74, 6) is -2.12. The highest BCUT2D eigenvalue weighted by Gasteiger charge is 2.37. The topological polar surface area (TPSA) is 46.2 Å². The third-order valence-corrected chi connectivity index (χ3v) is 5.06. The second-order valence-corrected chi connectivity index (χ2v) is 6.30. The van der Waals surface area contributed by atoms with Gasteiger partial charge in [0.05, 0.1) is 5.75 Å². The molecule has 1 aliphatic heterocycles. The van der Waals surface area contributed by atoms with Crippen LogP contribution in [0.3, 0.4) is 0 Å². The summed E-state index contributed by atoms with van der Waals surface area (Å²) in [6, 6.07) is 1.35. The van der Waals surface area contributed by atoms with Gasteiger partial charge in [-0.1, -0.05) is 6.92 Å². The van der Waals surface area contributed by atoms with E-state index in [0.29, 0.717) is 6.07 Å². The minimum absolute atomic E-state index is 0.131. The van der Waals surface area contributed by atoms with E-state index in [4.69, 9.17) is 0 Å². The zero-order chi connectivity index (χ0) is 12.8. The number of halogens is 2. The maximum Gasteiger partial charge on any atom is 0.181 e. The summed E-state index contributed by atoms with van der Waals surface area (Å²) in [5.41, 5.74) is 0.184. The number of fused-ring (bicyclic) bond motifs is 1. The van der Waals surface area contributed by atoms with E-state index in [1.807, 2.05) is 0 Å². The standard InChI is InChI=1S/C11H13F2NO2S/c1-6-5-17(15,16)11-8(10(6)14-2)3-7(12)4-9(11)13/h3-4,6,10,14H,5H2,1-2H3. The lowest BCUT2D eigenvalue weighted by atomic mass is 9.95. The molecule has 0 aromatic heterocycles. The zero-order valence-electron chi connectivity index (χ0n) is 9.50. The fourth-order valence-electron chi connectivity index (χ4n) is 2.41. The maximum absolute atomic E-state index is 13.6. The molecule has 0 bridgehead atoms. The minimum atomic E-state index is -3.66. The van der Waals surface area contributed by atoms with Crippen molar-refractivity contribution in [2.24, 2.45) is 5.92 Å². The Balaban J connectivity index is 2.76. The van der Waals surface area contributed by atoms with E-state index in [-0.39, 0.29) is 28.2 Å². The Morgan fingerprint density at radius 2 is 2.00 bits per heavy atom. The molecule has 94 valence electrons. The SMILES string of the molecule is CNC1c2cc(F)cc(F)c2S(=O)(=O)CC1C. The Bertz CT molecular complexity index is 557. The lowest BCUT2D eigenvalue weighted by Gasteiger charge is -2.31. The normalized spacial score (nSPS) is 26.6. The van der Waals surface area contributed by atoms with Crippen molar-refractivity contribution >= 4 is 9.84 Å². The highest BCUT2D eigenvalue weighted by molar-refractivity contribution is 7.91. The highest BCUT2D eigenvalue weighted by atomic mass is 32.2. The predicted octanol–water partition coefficient (Wildman–Crippen LogP) is 1.65. The van der Waals surface area contributed by atoms with E-state index in [1.54, 1.807) is 14.0 Å². The molecule has 1 N–H and O–H groups in total. The van der Waals surface area contributed by atoms with Gasteiger partial charge >= 0.3 is 0 Å². The predicted molar refractivity (Wildman–Crippen MR) is 59.4 cm³/mol. The van der Waals surface area contributed by atoms with E-state index in [0.717, 1.165) is 6.07 Å². The van der Waals surface area contributed by atoms with E-state index >= 15 is 0 Å². The number of benzene rings is 1. The summed E-state index contributed by atoms with van der Waals surface area (Å²) in [6.45, 7) is 1.74. The molecule has 0 aliphatic carbocycles. The van der Waals surface area contributed by atoms with E-state index in [9.17, 15) is 17.2 Å². The van der Waals surface area contributed by atoms with Crippen LogP contribution in [0.15, 0.2) is 17.0 Å². The second-order valence-electron chi connectivity index (χ2n) is 4.33. The Morgan fingerprint density at radius 1 is 1.35 bits per heavy atom. The third-order valence-electron chi connectivity index (χ3n) is 3.05. The molecule has 2 unspecified atom stereocenters. The summed E-state index contributed by atoms with van der Waals surface area (Å²) in [7, 11) is -2.02. The molecule has 1 aromatic rings. The van der Waals surface area contributed by atoms with Crippen LogP contribution in [0, 0.1) is 17.6 Å². The van der Waals surface area contributed by atoms with Gasteiger partial charge in [-0.3, -0.25) is 0 Å². The molecule has 1 aromatic carbocycles. The number of rotatable bonds is 1. The Labute approximate surface area is 98.8 Å². The number of sulfone groups is 1. The van der Waals surface area contributed by atoms with Gasteiger partial charge in [-0.05, 0) is 24.6 Å². The minimum Gasteiger partial charge on any atom is -0.313 e. The van der Waals surface area contributed by atoms with E-state index in [2.05, 4.69) is 5.32 Å². The summed E-state index contributed by atoms with van der Waals surface area (Å²) >= 11 is 0. The van der Waals surface area contributed by atoms with Crippen LogP contribution in [-0.4, -0.2) is 21.2 Å². The van der Waals surface area contributed by atoms with Crippen LogP contribution in [0.4, 0.5) is 8.78 Å².